The molecule has 3 nitrogen and oxygen atoms in total. The molecule has 0 saturated heterocycles. The zero-order valence-corrected chi connectivity index (χ0v) is 14.2. The maximum Gasteiger partial charge on any atom is 0.0109 e. The van der Waals surface area contributed by atoms with Gasteiger partial charge in [0.05, 0.1) is 0 Å². The number of hydrogen-bond donors (Lipinski definition) is 1. The van der Waals surface area contributed by atoms with Gasteiger partial charge in [-0.05, 0) is 52.4 Å². The van der Waals surface area contributed by atoms with Gasteiger partial charge in [0.15, 0.2) is 0 Å². The first-order chi connectivity index (χ1) is 8.99. The Hall–Kier alpha value is -0.120. The normalized spacial score (nSPS) is 13.7. The highest BCUT2D eigenvalue weighted by molar-refractivity contribution is 4.67. The maximum absolute atomic E-state index is 3.57. The van der Waals surface area contributed by atoms with Gasteiger partial charge in [-0.25, -0.2) is 0 Å². The largest absolute Gasteiger partial charge is 0.314 e. The maximum atomic E-state index is 3.57. The van der Waals surface area contributed by atoms with Gasteiger partial charge in [0.2, 0.25) is 0 Å². The van der Waals surface area contributed by atoms with E-state index in [1.807, 2.05) is 0 Å². The van der Waals surface area contributed by atoms with Crippen LogP contribution in [0.15, 0.2) is 0 Å². The summed E-state index contributed by atoms with van der Waals surface area (Å²) in [6, 6.07) is 0.708. The predicted octanol–water partition coefficient (Wildman–Crippen LogP) is 2.67. The van der Waals surface area contributed by atoms with Crippen LogP contribution >= 0.6 is 0 Å². The Balaban J connectivity index is 3.95. The molecule has 1 N–H and O–H groups in total. The first kappa shape index (κ1) is 18.9. The lowest BCUT2D eigenvalue weighted by Gasteiger charge is -2.26. The molecule has 0 aromatic heterocycles. The zero-order valence-electron chi connectivity index (χ0n) is 14.2. The average Bonchev–Trinajstić information content (AvgIpc) is 2.33. The Labute approximate surface area is 121 Å². The third kappa shape index (κ3) is 11.4. The Bertz CT molecular complexity index is 192. The summed E-state index contributed by atoms with van der Waals surface area (Å²) in [5, 5.41) is 3.57. The number of likely N-dealkylation sites (N-methyl/N-ethyl adjacent to an activating group) is 1. The van der Waals surface area contributed by atoms with Crippen molar-refractivity contribution in [3.05, 3.63) is 0 Å². The van der Waals surface area contributed by atoms with Crippen molar-refractivity contribution in [2.75, 3.05) is 46.8 Å². The summed E-state index contributed by atoms with van der Waals surface area (Å²) in [6.07, 6.45) is 3.86. The van der Waals surface area contributed by atoms with Gasteiger partial charge in [-0.15, -0.1) is 0 Å². The van der Waals surface area contributed by atoms with Crippen LogP contribution in [0.25, 0.3) is 0 Å². The molecule has 0 aromatic carbocycles. The minimum Gasteiger partial charge on any atom is -0.314 e. The fourth-order valence-corrected chi connectivity index (χ4v) is 2.45. The van der Waals surface area contributed by atoms with E-state index in [1.54, 1.807) is 0 Å². The quantitative estimate of drug-likeness (QED) is 0.589. The van der Waals surface area contributed by atoms with Crippen LogP contribution in [-0.2, 0) is 0 Å². The van der Waals surface area contributed by atoms with E-state index < -0.39 is 0 Å². The summed E-state index contributed by atoms with van der Waals surface area (Å²) in [7, 11) is 4.32. The molecular formula is C16H37N3. The van der Waals surface area contributed by atoms with E-state index in [1.165, 1.54) is 38.9 Å². The molecule has 19 heavy (non-hydrogen) atoms. The topological polar surface area (TPSA) is 18.5 Å². The van der Waals surface area contributed by atoms with E-state index in [4.69, 9.17) is 0 Å². The summed E-state index contributed by atoms with van der Waals surface area (Å²) < 4.78 is 0. The van der Waals surface area contributed by atoms with Gasteiger partial charge in [-0.3, -0.25) is 0 Å². The average molecular weight is 271 g/mol. The predicted molar refractivity (Wildman–Crippen MR) is 86.8 cm³/mol. The lowest BCUT2D eigenvalue weighted by molar-refractivity contribution is 0.212. The SMILES string of the molecule is CCNC(CC)CCCN(CCN(C)C)CC(C)C. The molecule has 0 spiro atoms. The van der Waals surface area contributed by atoms with E-state index in [0.717, 1.165) is 19.0 Å². The summed E-state index contributed by atoms with van der Waals surface area (Å²) in [5.74, 6) is 0.762. The third-order valence-corrected chi connectivity index (χ3v) is 3.50. The molecule has 0 radical (unpaired) electrons. The highest BCUT2D eigenvalue weighted by Gasteiger charge is 2.09. The van der Waals surface area contributed by atoms with E-state index in [2.05, 4.69) is 56.9 Å². The Kier molecular flexibility index (Phi) is 11.6. The lowest BCUT2D eigenvalue weighted by Crippen LogP contribution is -2.36. The summed E-state index contributed by atoms with van der Waals surface area (Å²) >= 11 is 0. The summed E-state index contributed by atoms with van der Waals surface area (Å²) in [4.78, 5) is 4.91. The van der Waals surface area contributed by atoms with Crippen LogP contribution in [0.1, 0.15) is 47.0 Å². The first-order valence-corrected chi connectivity index (χ1v) is 8.10. The minimum absolute atomic E-state index is 0.708. The number of rotatable bonds is 12. The van der Waals surface area contributed by atoms with Crippen LogP contribution in [0.4, 0.5) is 0 Å². The summed E-state index contributed by atoms with van der Waals surface area (Å²) in [5.41, 5.74) is 0. The Morgan fingerprint density at radius 3 is 2.16 bits per heavy atom. The monoisotopic (exact) mass is 271 g/mol. The molecule has 3 heteroatoms. The molecule has 0 aliphatic rings. The van der Waals surface area contributed by atoms with Crippen molar-refractivity contribution in [3.63, 3.8) is 0 Å². The Morgan fingerprint density at radius 2 is 1.68 bits per heavy atom. The lowest BCUT2D eigenvalue weighted by atomic mass is 10.1. The number of nitrogens with zero attached hydrogens (tertiary/aromatic N) is 2. The second-order valence-electron chi connectivity index (χ2n) is 6.30. The second kappa shape index (κ2) is 11.7. The van der Waals surface area contributed by atoms with Gasteiger partial charge in [0.1, 0.15) is 0 Å². The summed E-state index contributed by atoms with van der Waals surface area (Å²) in [6.45, 7) is 15.0. The molecular weight excluding hydrogens is 234 g/mol. The van der Waals surface area contributed by atoms with Gasteiger partial charge in [-0.1, -0.05) is 27.7 Å². The molecule has 0 aromatic rings. The molecule has 116 valence electrons. The van der Waals surface area contributed by atoms with Crippen molar-refractivity contribution in [2.24, 2.45) is 5.92 Å². The third-order valence-electron chi connectivity index (χ3n) is 3.50. The smallest absolute Gasteiger partial charge is 0.0109 e. The highest BCUT2D eigenvalue weighted by atomic mass is 15.2. The van der Waals surface area contributed by atoms with E-state index in [0.29, 0.717) is 6.04 Å². The van der Waals surface area contributed by atoms with E-state index in [-0.39, 0.29) is 0 Å². The van der Waals surface area contributed by atoms with Gasteiger partial charge in [-0.2, -0.15) is 0 Å². The van der Waals surface area contributed by atoms with Crippen LogP contribution in [0.2, 0.25) is 0 Å². The molecule has 0 saturated carbocycles. The van der Waals surface area contributed by atoms with Crippen LogP contribution in [0.3, 0.4) is 0 Å². The minimum atomic E-state index is 0.708. The number of hydrogen-bond acceptors (Lipinski definition) is 3. The first-order valence-electron chi connectivity index (χ1n) is 8.10. The second-order valence-corrected chi connectivity index (χ2v) is 6.30. The van der Waals surface area contributed by atoms with E-state index in [9.17, 15) is 0 Å². The van der Waals surface area contributed by atoms with Crippen LogP contribution in [0, 0.1) is 5.92 Å². The molecule has 0 amide bonds. The van der Waals surface area contributed by atoms with Crippen molar-refractivity contribution < 1.29 is 0 Å². The highest BCUT2D eigenvalue weighted by Crippen LogP contribution is 2.05. The fourth-order valence-electron chi connectivity index (χ4n) is 2.45. The molecule has 0 fully saturated rings. The van der Waals surface area contributed by atoms with Crippen molar-refractivity contribution in [2.45, 2.75) is 53.0 Å². The Morgan fingerprint density at radius 1 is 1.00 bits per heavy atom. The van der Waals surface area contributed by atoms with Crippen molar-refractivity contribution in [1.29, 1.82) is 0 Å². The molecule has 0 aliphatic carbocycles. The molecule has 0 bridgehead atoms. The van der Waals surface area contributed by atoms with Gasteiger partial charge >= 0.3 is 0 Å². The van der Waals surface area contributed by atoms with Gasteiger partial charge in [0, 0.05) is 25.7 Å². The molecule has 0 heterocycles. The standard InChI is InChI=1S/C16H37N3/c1-7-16(17-8-2)10-9-11-19(14-15(3)4)13-12-18(5)6/h15-17H,7-14H2,1-6H3. The molecule has 1 atom stereocenters. The number of nitrogens with one attached hydrogen (secondary N) is 1. The van der Waals surface area contributed by atoms with Crippen LogP contribution in [0.5, 0.6) is 0 Å². The molecule has 0 aliphatic heterocycles. The van der Waals surface area contributed by atoms with Crippen LogP contribution < -0.4 is 5.32 Å². The van der Waals surface area contributed by atoms with Gasteiger partial charge < -0.3 is 15.1 Å². The molecule has 1 unspecified atom stereocenters. The van der Waals surface area contributed by atoms with Crippen molar-refractivity contribution >= 4 is 0 Å². The molecule has 0 rings (SSSR count). The van der Waals surface area contributed by atoms with Gasteiger partial charge in [0.25, 0.3) is 0 Å². The van der Waals surface area contributed by atoms with E-state index >= 15 is 0 Å². The zero-order chi connectivity index (χ0) is 14.7. The fraction of sp³-hybridized carbons (Fsp3) is 1.00. The van der Waals surface area contributed by atoms with Crippen molar-refractivity contribution in [1.82, 2.24) is 15.1 Å². The van der Waals surface area contributed by atoms with Crippen LogP contribution in [-0.4, -0.2) is 62.7 Å². The van der Waals surface area contributed by atoms with Crippen molar-refractivity contribution in [3.8, 4) is 0 Å².